The second-order valence-corrected chi connectivity index (χ2v) is 10.2. The number of para-hydroxylation sites is 1. The van der Waals surface area contributed by atoms with Crippen molar-refractivity contribution in [1.29, 1.82) is 0 Å². The molecule has 1 aliphatic rings. The van der Waals surface area contributed by atoms with Gasteiger partial charge in [-0.2, -0.15) is 0 Å². The summed E-state index contributed by atoms with van der Waals surface area (Å²) in [4.78, 5) is 18.2. The van der Waals surface area contributed by atoms with E-state index < -0.39 is 0 Å². The molecule has 37 heavy (non-hydrogen) atoms. The van der Waals surface area contributed by atoms with Crippen LogP contribution in [0.1, 0.15) is 72.5 Å². The first-order valence-corrected chi connectivity index (χ1v) is 13.4. The van der Waals surface area contributed by atoms with E-state index >= 15 is 0 Å². The van der Waals surface area contributed by atoms with Gasteiger partial charge in [-0.15, -0.1) is 0 Å². The molecule has 0 radical (unpaired) electrons. The van der Waals surface area contributed by atoms with Crippen LogP contribution in [0, 0.1) is 0 Å². The van der Waals surface area contributed by atoms with Gasteiger partial charge in [0.25, 0.3) is 5.91 Å². The maximum atomic E-state index is 13.8. The van der Waals surface area contributed by atoms with Crippen LogP contribution in [0.25, 0.3) is 0 Å². The summed E-state index contributed by atoms with van der Waals surface area (Å²) in [6.45, 7) is 7.74. The van der Waals surface area contributed by atoms with Crippen LogP contribution in [0.3, 0.4) is 0 Å². The molecule has 0 saturated carbocycles. The SMILES string of the molecule is COc1cccc(C(=O)N2CCCCCCN(Cc3cc(C(C)C)ccc3OC)Cc3ccccc32)c1. The Hall–Kier alpha value is -3.31. The van der Waals surface area contributed by atoms with E-state index in [0.717, 1.165) is 56.8 Å². The van der Waals surface area contributed by atoms with Crippen molar-refractivity contribution in [2.45, 2.75) is 58.5 Å². The van der Waals surface area contributed by atoms with Crippen LogP contribution >= 0.6 is 0 Å². The van der Waals surface area contributed by atoms with Gasteiger partial charge in [-0.25, -0.2) is 0 Å². The predicted molar refractivity (Wildman–Crippen MR) is 151 cm³/mol. The quantitative estimate of drug-likeness (QED) is 0.364. The van der Waals surface area contributed by atoms with Crippen LogP contribution in [0.5, 0.6) is 11.5 Å². The van der Waals surface area contributed by atoms with E-state index in [-0.39, 0.29) is 5.91 Å². The third kappa shape index (κ3) is 6.72. The molecule has 0 N–H and O–H groups in total. The van der Waals surface area contributed by atoms with Gasteiger partial charge in [0, 0.05) is 36.4 Å². The standard InChI is InChI=1S/C32H40N2O3/c1-24(2)25-16-17-31(37-4)28(20-25)23-33-18-9-5-6-10-19-34(30-15-8-7-12-27(30)22-33)32(35)26-13-11-14-29(21-26)36-3/h7-8,11-17,20-21,24H,5-6,9-10,18-19,22-23H2,1-4H3. The molecule has 0 saturated heterocycles. The number of hydrogen-bond donors (Lipinski definition) is 0. The summed E-state index contributed by atoms with van der Waals surface area (Å²) in [6, 6.07) is 22.4. The topological polar surface area (TPSA) is 42.0 Å². The highest BCUT2D eigenvalue weighted by molar-refractivity contribution is 6.06. The fraction of sp³-hybridized carbons (Fsp3) is 0.406. The molecule has 1 aliphatic heterocycles. The summed E-state index contributed by atoms with van der Waals surface area (Å²) in [5.41, 5.74) is 5.34. The number of benzene rings is 3. The lowest BCUT2D eigenvalue weighted by Crippen LogP contribution is -2.33. The second kappa shape index (κ2) is 12.8. The molecule has 0 atom stereocenters. The summed E-state index contributed by atoms with van der Waals surface area (Å²) in [7, 11) is 3.38. The third-order valence-electron chi connectivity index (χ3n) is 7.21. The zero-order chi connectivity index (χ0) is 26.2. The summed E-state index contributed by atoms with van der Waals surface area (Å²) >= 11 is 0. The molecule has 5 nitrogen and oxygen atoms in total. The molecule has 0 spiro atoms. The number of ether oxygens (including phenoxy) is 2. The van der Waals surface area contributed by atoms with Crippen molar-refractivity contribution in [3.63, 3.8) is 0 Å². The molecular formula is C32H40N2O3. The second-order valence-electron chi connectivity index (χ2n) is 10.2. The Bertz CT molecular complexity index is 1190. The van der Waals surface area contributed by atoms with Crippen molar-refractivity contribution in [1.82, 2.24) is 4.90 Å². The number of carbonyl (C=O) groups excluding carboxylic acids is 1. The van der Waals surface area contributed by atoms with Crippen molar-refractivity contribution in [2.75, 3.05) is 32.2 Å². The van der Waals surface area contributed by atoms with E-state index in [1.54, 1.807) is 14.2 Å². The number of anilines is 1. The lowest BCUT2D eigenvalue weighted by atomic mass is 9.99. The number of nitrogens with zero attached hydrogens (tertiary/aromatic N) is 2. The van der Waals surface area contributed by atoms with E-state index in [2.05, 4.69) is 55.1 Å². The Morgan fingerprint density at radius 1 is 0.865 bits per heavy atom. The maximum Gasteiger partial charge on any atom is 0.258 e. The first-order valence-electron chi connectivity index (χ1n) is 13.4. The Morgan fingerprint density at radius 2 is 1.65 bits per heavy atom. The molecule has 3 aromatic rings. The number of hydrogen-bond acceptors (Lipinski definition) is 4. The average molecular weight is 501 g/mol. The fourth-order valence-corrected chi connectivity index (χ4v) is 5.09. The van der Waals surface area contributed by atoms with E-state index in [9.17, 15) is 4.79 Å². The molecule has 4 rings (SSSR count). The van der Waals surface area contributed by atoms with Gasteiger partial charge in [0.2, 0.25) is 0 Å². The van der Waals surface area contributed by atoms with Gasteiger partial charge in [-0.1, -0.05) is 63.1 Å². The first-order chi connectivity index (χ1) is 18.0. The van der Waals surface area contributed by atoms with Crippen LogP contribution in [0.2, 0.25) is 0 Å². The molecule has 0 unspecified atom stereocenters. The molecule has 0 aliphatic carbocycles. The molecule has 0 fully saturated rings. The number of carbonyl (C=O) groups is 1. The third-order valence-corrected chi connectivity index (χ3v) is 7.21. The van der Waals surface area contributed by atoms with E-state index in [1.165, 1.54) is 16.7 Å². The number of fused-ring (bicyclic) bond motifs is 1. The molecule has 5 heteroatoms. The van der Waals surface area contributed by atoms with Gasteiger partial charge < -0.3 is 14.4 Å². The minimum Gasteiger partial charge on any atom is -0.497 e. The summed E-state index contributed by atoms with van der Waals surface area (Å²) < 4.78 is 11.1. The van der Waals surface area contributed by atoms with Crippen LogP contribution in [0.15, 0.2) is 66.7 Å². The van der Waals surface area contributed by atoms with Crippen LogP contribution < -0.4 is 14.4 Å². The minimum atomic E-state index is 0.0171. The smallest absolute Gasteiger partial charge is 0.258 e. The van der Waals surface area contributed by atoms with Gasteiger partial charge in [0.15, 0.2) is 0 Å². The van der Waals surface area contributed by atoms with Gasteiger partial charge in [-0.05, 0) is 66.8 Å². The predicted octanol–water partition coefficient (Wildman–Crippen LogP) is 7.05. The van der Waals surface area contributed by atoms with Crippen molar-refractivity contribution in [3.8, 4) is 11.5 Å². The number of rotatable bonds is 6. The minimum absolute atomic E-state index is 0.0171. The molecule has 3 aromatic carbocycles. The van der Waals surface area contributed by atoms with Crippen molar-refractivity contribution < 1.29 is 14.3 Å². The lowest BCUT2D eigenvalue weighted by Gasteiger charge is -2.28. The molecule has 0 aromatic heterocycles. The van der Waals surface area contributed by atoms with Crippen LogP contribution in [-0.4, -0.2) is 38.1 Å². The highest BCUT2D eigenvalue weighted by Gasteiger charge is 2.22. The van der Waals surface area contributed by atoms with Gasteiger partial charge in [0.1, 0.15) is 11.5 Å². The van der Waals surface area contributed by atoms with Gasteiger partial charge in [0.05, 0.1) is 14.2 Å². The Kier molecular flexibility index (Phi) is 9.24. The molecule has 1 heterocycles. The van der Waals surface area contributed by atoms with Crippen molar-refractivity contribution in [3.05, 3.63) is 89.0 Å². The Labute approximate surface area is 222 Å². The molecule has 1 amide bonds. The van der Waals surface area contributed by atoms with E-state index in [4.69, 9.17) is 9.47 Å². The zero-order valence-electron chi connectivity index (χ0n) is 22.7. The van der Waals surface area contributed by atoms with E-state index in [0.29, 0.717) is 23.8 Å². The Morgan fingerprint density at radius 3 is 2.41 bits per heavy atom. The number of amides is 1. The summed E-state index contributed by atoms with van der Waals surface area (Å²) in [6.07, 6.45) is 4.37. The maximum absolute atomic E-state index is 13.8. The normalized spacial score (nSPS) is 15.1. The van der Waals surface area contributed by atoms with Gasteiger partial charge in [-0.3, -0.25) is 9.69 Å². The Balaban J connectivity index is 1.67. The molecule has 0 bridgehead atoms. The number of methoxy groups -OCH3 is 2. The monoisotopic (exact) mass is 500 g/mol. The average Bonchev–Trinajstić information content (AvgIpc) is 2.96. The first kappa shape index (κ1) is 26.7. The van der Waals surface area contributed by atoms with E-state index in [1.807, 2.05) is 35.2 Å². The fourth-order valence-electron chi connectivity index (χ4n) is 5.09. The summed E-state index contributed by atoms with van der Waals surface area (Å²) in [5.74, 6) is 2.11. The highest BCUT2D eigenvalue weighted by atomic mass is 16.5. The van der Waals surface area contributed by atoms with Gasteiger partial charge >= 0.3 is 0 Å². The molecular weight excluding hydrogens is 460 g/mol. The van der Waals surface area contributed by atoms with Crippen molar-refractivity contribution >= 4 is 11.6 Å². The molecule has 196 valence electrons. The van der Waals surface area contributed by atoms with Crippen molar-refractivity contribution in [2.24, 2.45) is 0 Å². The zero-order valence-corrected chi connectivity index (χ0v) is 22.7. The van der Waals surface area contributed by atoms with Crippen LogP contribution in [-0.2, 0) is 13.1 Å². The van der Waals surface area contributed by atoms with Crippen LogP contribution in [0.4, 0.5) is 5.69 Å². The summed E-state index contributed by atoms with van der Waals surface area (Å²) in [5, 5.41) is 0. The largest absolute Gasteiger partial charge is 0.497 e. The lowest BCUT2D eigenvalue weighted by molar-refractivity contribution is 0.0986. The highest BCUT2D eigenvalue weighted by Crippen LogP contribution is 2.30.